The van der Waals surface area contributed by atoms with E-state index in [0.717, 1.165) is 37.6 Å². The Morgan fingerprint density at radius 2 is 1.77 bits per heavy atom. The third-order valence-electron chi connectivity index (χ3n) is 6.94. The van der Waals surface area contributed by atoms with Crippen molar-refractivity contribution in [2.45, 2.75) is 30.6 Å². The Morgan fingerprint density at radius 3 is 2.49 bits per heavy atom. The van der Waals surface area contributed by atoms with Crippen LogP contribution in [0.25, 0.3) is 0 Å². The predicted octanol–water partition coefficient (Wildman–Crippen LogP) is 1.50. The predicted molar refractivity (Wildman–Crippen MR) is 130 cm³/mol. The van der Waals surface area contributed by atoms with E-state index in [2.05, 4.69) is 26.5 Å². The summed E-state index contributed by atoms with van der Waals surface area (Å²) in [7, 11) is 3.27. The van der Waals surface area contributed by atoms with Crippen molar-refractivity contribution < 1.29 is 28.8 Å². The Balaban J connectivity index is 1.22. The molecular formula is C25H32N4O6. The summed E-state index contributed by atoms with van der Waals surface area (Å²) in [4.78, 5) is 17.2. The van der Waals surface area contributed by atoms with E-state index >= 15 is 0 Å². The SMILES string of the molecule is COc1ccc(NC(=O)N[C@@H]2[C@H](O)[C@@H](N3CCN(c4ccccc4OC)CC3)[C@@H]3OC[C@@H]2O3)cc1. The van der Waals surface area contributed by atoms with Gasteiger partial charge >= 0.3 is 6.03 Å². The Bertz CT molecular complexity index is 1010. The second kappa shape index (κ2) is 10.3. The normalized spacial score (nSPS) is 28.4. The number of aliphatic hydroxyl groups is 1. The Morgan fingerprint density at radius 1 is 1.03 bits per heavy atom. The van der Waals surface area contributed by atoms with Crippen LogP contribution < -0.4 is 25.0 Å². The van der Waals surface area contributed by atoms with E-state index in [1.807, 2.05) is 18.2 Å². The fourth-order valence-electron chi connectivity index (χ4n) is 5.11. The number of fused-ring (bicyclic) bond motifs is 2. The van der Waals surface area contributed by atoms with E-state index < -0.39 is 30.6 Å². The van der Waals surface area contributed by atoms with Gasteiger partial charge in [-0.1, -0.05) is 12.1 Å². The third kappa shape index (κ3) is 4.87. The summed E-state index contributed by atoms with van der Waals surface area (Å²) in [6, 6.07) is 13.6. The smallest absolute Gasteiger partial charge is 0.319 e. The van der Waals surface area contributed by atoms with Crippen LogP contribution in [0.2, 0.25) is 0 Å². The molecule has 35 heavy (non-hydrogen) atoms. The molecule has 2 aromatic rings. The van der Waals surface area contributed by atoms with Crippen molar-refractivity contribution >= 4 is 17.4 Å². The van der Waals surface area contributed by atoms with E-state index in [-0.39, 0.29) is 6.04 Å². The topological polar surface area (TPSA) is 105 Å². The number of urea groups is 1. The van der Waals surface area contributed by atoms with Crippen LogP contribution in [0.5, 0.6) is 11.5 Å². The van der Waals surface area contributed by atoms with Gasteiger partial charge in [0.05, 0.1) is 44.7 Å². The van der Waals surface area contributed by atoms with E-state index in [9.17, 15) is 9.90 Å². The molecule has 5 atom stereocenters. The zero-order valence-corrected chi connectivity index (χ0v) is 19.9. The molecule has 3 heterocycles. The number of para-hydroxylation sites is 2. The molecule has 0 saturated carbocycles. The molecule has 0 radical (unpaired) electrons. The molecule has 3 aliphatic heterocycles. The van der Waals surface area contributed by atoms with E-state index in [1.54, 1.807) is 38.5 Å². The fourth-order valence-corrected chi connectivity index (χ4v) is 5.11. The number of anilines is 2. The summed E-state index contributed by atoms with van der Waals surface area (Å²) in [5, 5.41) is 17.0. The monoisotopic (exact) mass is 484 g/mol. The summed E-state index contributed by atoms with van der Waals surface area (Å²) in [5.74, 6) is 1.55. The number of ether oxygens (including phenoxy) is 4. The number of piperazine rings is 1. The Labute approximate surface area is 204 Å². The number of hydrogen-bond acceptors (Lipinski definition) is 8. The Kier molecular flexibility index (Phi) is 6.96. The quantitative estimate of drug-likeness (QED) is 0.567. The molecule has 0 aromatic heterocycles. The van der Waals surface area contributed by atoms with Crippen molar-refractivity contribution in [2.24, 2.45) is 0 Å². The second-order valence-electron chi connectivity index (χ2n) is 8.91. The lowest BCUT2D eigenvalue weighted by molar-refractivity contribution is -0.181. The zero-order chi connectivity index (χ0) is 24.4. The van der Waals surface area contributed by atoms with E-state index in [4.69, 9.17) is 18.9 Å². The molecule has 10 nitrogen and oxygen atoms in total. The molecule has 0 unspecified atom stereocenters. The average molecular weight is 485 g/mol. The molecule has 3 N–H and O–H groups in total. The molecule has 2 bridgehead atoms. The maximum absolute atomic E-state index is 12.7. The number of aliphatic hydroxyl groups excluding tert-OH is 1. The molecule has 2 aromatic carbocycles. The maximum Gasteiger partial charge on any atom is 0.319 e. The standard InChI is InChI=1S/C25H32N4O6/c1-32-17-9-7-16(8-10-17)26-25(31)27-21-20-15-34-24(35-20)22(23(21)30)29-13-11-28(12-14-29)18-5-3-4-6-19(18)33-2/h3-10,20-24,30H,11-15H2,1-2H3,(H2,26,27,31)/t20-,21-,22+,23-,24+/m0/s1. The van der Waals surface area contributed by atoms with Gasteiger partial charge in [0.1, 0.15) is 17.6 Å². The average Bonchev–Trinajstić information content (AvgIpc) is 3.32. The van der Waals surface area contributed by atoms with Gasteiger partial charge in [0.25, 0.3) is 0 Å². The number of carbonyl (C=O) groups is 1. The van der Waals surface area contributed by atoms with Crippen LogP contribution in [-0.4, -0.2) is 93.6 Å². The molecular weight excluding hydrogens is 452 g/mol. The first-order valence-corrected chi connectivity index (χ1v) is 11.9. The molecule has 188 valence electrons. The van der Waals surface area contributed by atoms with Crippen LogP contribution >= 0.6 is 0 Å². The highest BCUT2D eigenvalue weighted by Crippen LogP contribution is 2.34. The largest absolute Gasteiger partial charge is 0.497 e. The number of carbonyl (C=O) groups excluding carboxylic acids is 1. The lowest BCUT2D eigenvalue weighted by Crippen LogP contribution is -2.67. The second-order valence-corrected chi connectivity index (χ2v) is 8.91. The highest BCUT2D eigenvalue weighted by molar-refractivity contribution is 5.89. The first-order valence-electron chi connectivity index (χ1n) is 11.9. The minimum atomic E-state index is -0.833. The van der Waals surface area contributed by atoms with Crippen LogP contribution in [-0.2, 0) is 9.47 Å². The summed E-state index contributed by atoms with van der Waals surface area (Å²) in [6.45, 7) is 3.31. The number of nitrogens with zero attached hydrogens (tertiary/aromatic N) is 2. The van der Waals surface area contributed by atoms with Crippen molar-refractivity contribution in [3.8, 4) is 11.5 Å². The number of amides is 2. The van der Waals surface area contributed by atoms with E-state index in [1.165, 1.54) is 0 Å². The molecule has 2 amide bonds. The van der Waals surface area contributed by atoms with Crippen LogP contribution in [0.4, 0.5) is 16.2 Å². The minimum Gasteiger partial charge on any atom is -0.497 e. The number of methoxy groups -OCH3 is 2. The lowest BCUT2D eigenvalue weighted by atomic mass is 9.94. The van der Waals surface area contributed by atoms with Crippen molar-refractivity contribution in [3.05, 3.63) is 48.5 Å². The van der Waals surface area contributed by atoms with Gasteiger partial charge in [0.2, 0.25) is 0 Å². The fraction of sp³-hybridized carbons (Fsp3) is 0.480. The van der Waals surface area contributed by atoms with Crippen molar-refractivity contribution in [3.63, 3.8) is 0 Å². The maximum atomic E-state index is 12.7. The summed E-state index contributed by atoms with van der Waals surface area (Å²) in [5.41, 5.74) is 1.68. The van der Waals surface area contributed by atoms with Gasteiger partial charge in [-0.3, -0.25) is 4.90 Å². The summed E-state index contributed by atoms with van der Waals surface area (Å²) < 4.78 is 22.6. The molecule has 0 spiro atoms. The van der Waals surface area contributed by atoms with Crippen molar-refractivity contribution in [1.29, 1.82) is 0 Å². The molecule has 10 heteroatoms. The Hall–Kier alpha value is -3.05. The molecule has 3 saturated heterocycles. The van der Waals surface area contributed by atoms with E-state index in [0.29, 0.717) is 18.0 Å². The van der Waals surface area contributed by atoms with Gasteiger partial charge in [-0.05, 0) is 36.4 Å². The van der Waals surface area contributed by atoms with Gasteiger partial charge in [-0.15, -0.1) is 0 Å². The van der Waals surface area contributed by atoms with Crippen LogP contribution in [0, 0.1) is 0 Å². The molecule has 5 rings (SSSR count). The van der Waals surface area contributed by atoms with Gasteiger partial charge < -0.3 is 39.6 Å². The first-order chi connectivity index (χ1) is 17.1. The lowest BCUT2D eigenvalue weighted by Gasteiger charge is -2.47. The highest BCUT2D eigenvalue weighted by Gasteiger charge is 2.53. The first kappa shape index (κ1) is 23.7. The highest BCUT2D eigenvalue weighted by atomic mass is 16.7. The van der Waals surface area contributed by atoms with Crippen LogP contribution in [0.3, 0.4) is 0 Å². The van der Waals surface area contributed by atoms with Crippen molar-refractivity contribution in [1.82, 2.24) is 10.2 Å². The van der Waals surface area contributed by atoms with Gasteiger partial charge in [0.15, 0.2) is 6.29 Å². The summed E-state index contributed by atoms with van der Waals surface area (Å²) >= 11 is 0. The van der Waals surface area contributed by atoms with Gasteiger partial charge in [-0.25, -0.2) is 4.79 Å². The van der Waals surface area contributed by atoms with Gasteiger partial charge in [-0.2, -0.15) is 0 Å². The summed E-state index contributed by atoms with van der Waals surface area (Å²) in [6.07, 6.45) is -1.75. The molecule has 3 fully saturated rings. The number of nitrogens with one attached hydrogen (secondary N) is 2. The van der Waals surface area contributed by atoms with Crippen molar-refractivity contribution in [2.75, 3.05) is 57.2 Å². The minimum absolute atomic E-state index is 0.326. The van der Waals surface area contributed by atoms with Crippen LogP contribution in [0.15, 0.2) is 48.5 Å². The van der Waals surface area contributed by atoms with Crippen LogP contribution in [0.1, 0.15) is 0 Å². The third-order valence-corrected chi connectivity index (χ3v) is 6.94. The number of hydrogen-bond donors (Lipinski definition) is 3. The molecule has 3 aliphatic rings. The number of rotatable bonds is 6. The zero-order valence-electron chi connectivity index (χ0n) is 19.9. The van der Waals surface area contributed by atoms with Gasteiger partial charge in [0, 0.05) is 31.9 Å². The molecule has 0 aliphatic carbocycles. The number of benzene rings is 2.